The lowest BCUT2D eigenvalue weighted by Gasteiger charge is -2.38. The van der Waals surface area contributed by atoms with Crippen LogP contribution in [0, 0.1) is 0 Å². The van der Waals surface area contributed by atoms with E-state index in [4.69, 9.17) is 27.9 Å². The van der Waals surface area contributed by atoms with E-state index in [1.54, 1.807) is 18.2 Å². The van der Waals surface area contributed by atoms with Crippen molar-refractivity contribution >= 4 is 35.1 Å². The van der Waals surface area contributed by atoms with E-state index in [9.17, 15) is 9.59 Å². The Morgan fingerprint density at radius 2 is 2.04 bits per heavy atom. The first-order valence-electron chi connectivity index (χ1n) is 9.69. The van der Waals surface area contributed by atoms with Gasteiger partial charge in [0.25, 0.3) is 0 Å². The molecule has 3 rings (SSSR count). The average Bonchev–Trinajstić information content (AvgIpc) is 3.11. The Morgan fingerprint density at radius 3 is 2.79 bits per heavy atom. The van der Waals surface area contributed by atoms with Gasteiger partial charge in [-0.2, -0.15) is 0 Å². The van der Waals surface area contributed by atoms with E-state index in [1.165, 1.54) is 7.11 Å². The molecular weight excluding hydrogens is 399 g/mol. The molecule has 1 unspecified atom stereocenters. The van der Waals surface area contributed by atoms with E-state index < -0.39 is 0 Å². The van der Waals surface area contributed by atoms with Crippen LogP contribution in [0.3, 0.4) is 0 Å². The van der Waals surface area contributed by atoms with Gasteiger partial charge in [0.1, 0.15) is 0 Å². The summed E-state index contributed by atoms with van der Waals surface area (Å²) in [5.74, 6) is -0.166. The largest absolute Gasteiger partial charge is 0.466 e. The maximum absolute atomic E-state index is 13.0. The number of amides is 1. The summed E-state index contributed by atoms with van der Waals surface area (Å²) in [6.45, 7) is 3.31. The maximum Gasteiger partial charge on any atom is 0.330 e. The van der Waals surface area contributed by atoms with Crippen molar-refractivity contribution in [3.63, 3.8) is 0 Å². The van der Waals surface area contributed by atoms with Crippen molar-refractivity contribution < 1.29 is 14.3 Å². The molecule has 1 aromatic rings. The zero-order valence-corrected chi connectivity index (χ0v) is 17.6. The molecule has 0 N–H and O–H groups in total. The summed E-state index contributed by atoms with van der Waals surface area (Å²) in [6.07, 6.45) is 5.99. The average molecular weight is 425 g/mol. The van der Waals surface area contributed by atoms with Crippen molar-refractivity contribution in [2.45, 2.75) is 38.1 Å². The Hall–Kier alpha value is -1.56. The van der Waals surface area contributed by atoms with Crippen LogP contribution in [-0.2, 0) is 20.7 Å². The molecule has 0 radical (unpaired) electrons. The Labute approximate surface area is 176 Å². The molecule has 2 aliphatic heterocycles. The molecule has 0 bridgehead atoms. The van der Waals surface area contributed by atoms with Crippen molar-refractivity contribution in [1.82, 2.24) is 9.80 Å². The number of hydrogen-bond donors (Lipinski definition) is 0. The van der Waals surface area contributed by atoms with Gasteiger partial charge < -0.3 is 9.64 Å². The molecular formula is C21H26Cl2N2O3. The molecule has 7 heteroatoms. The fourth-order valence-corrected chi connectivity index (χ4v) is 4.31. The van der Waals surface area contributed by atoms with E-state index in [0.717, 1.165) is 63.0 Å². The van der Waals surface area contributed by atoms with Crippen LogP contribution >= 0.6 is 23.2 Å². The number of piperidine rings is 1. The first kappa shape index (κ1) is 21.2. The Kier molecular flexibility index (Phi) is 7.38. The molecule has 28 heavy (non-hydrogen) atoms. The van der Waals surface area contributed by atoms with E-state index in [-0.39, 0.29) is 17.9 Å². The predicted octanol–water partition coefficient (Wildman–Crippen LogP) is 3.72. The number of nitrogens with zero attached hydrogens (tertiary/aromatic N) is 2. The van der Waals surface area contributed by atoms with E-state index in [1.807, 2.05) is 11.0 Å². The lowest BCUT2D eigenvalue weighted by molar-refractivity contribution is -0.135. The van der Waals surface area contributed by atoms with Gasteiger partial charge >= 0.3 is 5.97 Å². The number of rotatable bonds is 5. The maximum atomic E-state index is 13.0. The minimum absolute atomic E-state index is 0.132. The number of carbonyl (C=O) groups is 2. The van der Waals surface area contributed by atoms with E-state index >= 15 is 0 Å². The van der Waals surface area contributed by atoms with Crippen LogP contribution in [0.25, 0.3) is 0 Å². The summed E-state index contributed by atoms with van der Waals surface area (Å²) in [5, 5.41) is 0.975. The number of ether oxygens (including phenoxy) is 1. The van der Waals surface area contributed by atoms with Gasteiger partial charge in [-0.05, 0) is 49.0 Å². The summed E-state index contributed by atoms with van der Waals surface area (Å²) in [7, 11) is 1.39. The molecule has 2 heterocycles. The minimum atomic E-state index is -0.298. The summed E-state index contributed by atoms with van der Waals surface area (Å²) < 4.78 is 4.71. The van der Waals surface area contributed by atoms with Crippen molar-refractivity contribution in [2.24, 2.45) is 0 Å². The van der Waals surface area contributed by atoms with Crippen molar-refractivity contribution in [1.29, 1.82) is 0 Å². The molecule has 1 aromatic carbocycles. The van der Waals surface area contributed by atoms with Crippen molar-refractivity contribution in [3.8, 4) is 0 Å². The van der Waals surface area contributed by atoms with Gasteiger partial charge in [0.2, 0.25) is 5.91 Å². The molecule has 152 valence electrons. The standard InChI is InChI=1S/C21H26Cl2N2O3/c1-28-21(27)12-16-7-9-24(13-16)14-17-4-2-3-8-25(17)20(26)11-15-5-6-18(22)19(23)10-15/h5-6,10,12,17H,2-4,7-9,11,13-14H2,1H3/b16-12+. The molecule has 0 saturated carbocycles. The summed E-state index contributed by atoms with van der Waals surface area (Å²) in [5.41, 5.74) is 1.98. The van der Waals surface area contributed by atoms with Crippen LogP contribution in [0.2, 0.25) is 10.0 Å². The van der Waals surface area contributed by atoms with E-state index in [2.05, 4.69) is 4.90 Å². The van der Waals surface area contributed by atoms with Gasteiger partial charge in [-0.1, -0.05) is 29.3 Å². The van der Waals surface area contributed by atoms with Crippen LogP contribution in [0.5, 0.6) is 0 Å². The topological polar surface area (TPSA) is 49.9 Å². The fraction of sp³-hybridized carbons (Fsp3) is 0.524. The lowest BCUT2D eigenvalue weighted by Crippen LogP contribution is -2.49. The van der Waals surface area contributed by atoms with Gasteiger partial charge in [0, 0.05) is 38.3 Å². The zero-order chi connectivity index (χ0) is 20.1. The normalized spacial score (nSPS) is 21.9. The third-order valence-electron chi connectivity index (χ3n) is 5.45. The molecule has 0 aliphatic carbocycles. The Morgan fingerprint density at radius 1 is 1.21 bits per heavy atom. The highest BCUT2D eigenvalue weighted by Crippen LogP contribution is 2.25. The first-order chi connectivity index (χ1) is 13.5. The van der Waals surface area contributed by atoms with Gasteiger partial charge in [-0.25, -0.2) is 4.79 Å². The van der Waals surface area contributed by atoms with Crippen molar-refractivity contribution in [3.05, 3.63) is 45.5 Å². The van der Waals surface area contributed by atoms with Crippen LogP contribution in [0.1, 0.15) is 31.2 Å². The van der Waals surface area contributed by atoms with Crippen LogP contribution in [0.15, 0.2) is 29.8 Å². The molecule has 5 nitrogen and oxygen atoms in total. The van der Waals surface area contributed by atoms with Gasteiger partial charge in [-0.3, -0.25) is 9.69 Å². The van der Waals surface area contributed by atoms with Gasteiger partial charge in [0.15, 0.2) is 0 Å². The summed E-state index contributed by atoms with van der Waals surface area (Å²) in [6, 6.07) is 5.57. The van der Waals surface area contributed by atoms with Gasteiger partial charge in [0.05, 0.1) is 23.6 Å². The highest BCUT2D eigenvalue weighted by molar-refractivity contribution is 6.42. The third-order valence-corrected chi connectivity index (χ3v) is 6.19. The number of halogens is 2. The van der Waals surface area contributed by atoms with E-state index in [0.29, 0.717) is 16.5 Å². The number of carbonyl (C=O) groups excluding carboxylic acids is 2. The molecule has 0 aromatic heterocycles. The minimum Gasteiger partial charge on any atom is -0.466 e. The quantitative estimate of drug-likeness (QED) is 0.533. The second-order valence-electron chi connectivity index (χ2n) is 7.47. The molecule has 2 fully saturated rings. The smallest absolute Gasteiger partial charge is 0.330 e. The summed E-state index contributed by atoms with van der Waals surface area (Å²) in [4.78, 5) is 28.7. The zero-order valence-electron chi connectivity index (χ0n) is 16.1. The highest BCUT2D eigenvalue weighted by atomic mass is 35.5. The molecule has 2 aliphatic rings. The molecule has 2 saturated heterocycles. The fourth-order valence-electron chi connectivity index (χ4n) is 3.99. The summed E-state index contributed by atoms with van der Waals surface area (Å²) >= 11 is 12.1. The third kappa shape index (κ3) is 5.49. The van der Waals surface area contributed by atoms with Crippen LogP contribution < -0.4 is 0 Å². The number of likely N-dealkylation sites (tertiary alicyclic amines) is 2. The highest BCUT2D eigenvalue weighted by Gasteiger charge is 2.30. The molecule has 1 amide bonds. The predicted molar refractivity (Wildman–Crippen MR) is 111 cm³/mol. The number of methoxy groups -OCH3 is 1. The molecule has 0 spiro atoms. The second-order valence-corrected chi connectivity index (χ2v) is 8.29. The number of benzene rings is 1. The van der Waals surface area contributed by atoms with Crippen LogP contribution in [0.4, 0.5) is 0 Å². The number of esters is 1. The van der Waals surface area contributed by atoms with Crippen molar-refractivity contribution in [2.75, 3.05) is 33.3 Å². The Bertz CT molecular complexity index is 766. The monoisotopic (exact) mass is 424 g/mol. The number of hydrogen-bond acceptors (Lipinski definition) is 4. The SMILES string of the molecule is COC(=O)/C=C1\CCN(CC2CCCCN2C(=O)Cc2ccc(Cl)c(Cl)c2)C1. The first-order valence-corrected chi connectivity index (χ1v) is 10.4. The lowest BCUT2D eigenvalue weighted by atomic mass is 10.00. The molecule has 1 atom stereocenters. The Balaban J connectivity index is 1.60. The van der Waals surface area contributed by atoms with Crippen LogP contribution in [-0.4, -0.2) is 61.0 Å². The van der Waals surface area contributed by atoms with Gasteiger partial charge in [-0.15, -0.1) is 0 Å². The second kappa shape index (κ2) is 9.77.